The second-order valence-corrected chi connectivity index (χ2v) is 11.2. The van der Waals surface area contributed by atoms with Gasteiger partial charge in [-0.05, 0) is 69.1 Å². The molecule has 0 heterocycles. The van der Waals surface area contributed by atoms with Crippen LogP contribution in [0.2, 0.25) is 0 Å². The number of nitrogens with one attached hydrogen (secondary N) is 1. The molecule has 166 valence electrons. The summed E-state index contributed by atoms with van der Waals surface area (Å²) in [4.78, 5) is 30.8. The minimum Gasteiger partial charge on any atom is -0.449 e. The monoisotopic (exact) mass is 443 g/mol. The molecule has 2 atom stereocenters. The number of thiol groups is 1. The summed E-state index contributed by atoms with van der Waals surface area (Å²) in [5.74, 6) is 1.92. The quantitative estimate of drug-likeness (QED) is 0.280. The lowest BCUT2D eigenvalue weighted by Crippen LogP contribution is -2.59. The number of thioether (sulfide) groups is 1. The van der Waals surface area contributed by atoms with E-state index in [-0.39, 0.29) is 17.4 Å². The van der Waals surface area contributed by atoms with Crippen molar-refractivity contribution in [2.75, 3.05) is 11.5 Å². The zero-order valence-electron chi connectivity index (χ0n) is 18.0. The van der Waals surface area contributed by atoms with Crippen molar-refractivity contribution in [2.45, 2.75) is 89.0 Å². The van der Waals surface area contributed by atoms with Crippen molar-refractivity contribution >= 4 is 36.3 Å². The number of carbonyl (C=O) groups is 2. The van der Waals surface area contributed by atoms with E-state index in [1.165, 1.54) is 19.3 Å². The van der Waals surface area contributed by atoms with Crippen LogP contribution >= 0.6 is 24.4 Å². The van der Waals surface area contributed by atoms with Crippen LogP contribution in [0.5, 0.6) is 0 Å². The summed E-state index contributed by atoms with van der Waals surface area (Å²) >= 11 is 5.85. The van der Waals surface area contributed by atoms with Crippen LogP contribution in [-0.2, 0) is 19.2 Å². The number of hydroxylamine groups is 1. The van der Waals surface area contributed by atoms with Crippen molar-refractivity contribution in [3.8, 4) is 0 Å². The Morgan fingerprint density at radius 3 is 2.10 bits per heavy atom. The molecule has 4 fully saturated rings. The summed E-state index contributed by atoms with van der Waals surface area (Å²) in [6, 6.07) is 0. The van der Waals surface area contributed by atoms with Gasteiger partial charge in [0.1, 0.15) is 0 Å². The van der Waals surface area contributed by atoms with Gasteiger partial charge in [0, 0.05) is 16.8 Å². The number of esters is 1. The minimum atomic E-state index is -0.878. The Kier molecular flexibility index (Phi) is 8.24. The van der Waals surface area contributed by atoms with Crippen molar-refractivity contribution in [2.24, 2.45) is 23.7 Å². The normalized spacial score (nSPS) is 32.2. The third-order valence-electron chi connectivity index (χ3n) is 7.00. The van der Waals surface area contributed by atoms with E-state index in [0.29, 0.717) is 16.8 Å². The van der Waals surface area contributed by atoms with Crippen LogP contribution in [0.3, 0.4) is 0 Å². The van der Waals surface area contributed by atoms with Crippen LogP contribution in [0.1, 0.15) is 72.1 Å². The Morgan fingerprint density at radius 1 is 1.07 bits per heavy atom. The van der Waals surface area contributed by atoms with Crippen molar-refractivity contribution in [3.05, 3.63) is 0 Å². The molecule has 1 N–H and O–H groups in total. The van der Waals surface area contributed by atoms with E-state index < -0.39 is 12.1 Å². The lowest BCUT2D eigenvalue weighted by Gasteiger charge is -2.56. The smallest absolute Gasteiger partial charge is 0.366 e. The topological polar surface area (TPSA) is 64.6 Å². The first-order chi connectivity index (χ1) is 13.9. The fourth-order valence-corrected chi connectivity index (χ4v) is 6.96. The molecular formula is C22H37NO4S2. The molecule has 4 rings (SSSR count). The third-order valence-corrected chi connectivity index (χ3v) is 9.18. The fourth-order valence-electron chi connectivity index (χ4n) is 5.69. The van der Waals surface area contributed by atoms with Crippen LogP contribution in [-0.4, -0.2) is 40.3 Å². The summed E-state index contributed by atoms with van der Waals surface area (Å²) in [5, 5.41) is 0.447. The van der Waals surface area contributed by atoms with Gasteiger partial charge in [0.25, 0.3) is 0 Å². The van der Waals surface area contributed by atoms with E-state index in [0.717, 1.165) is 49.9 Å². The van der Waals surface area contributed by atoms with Crippen molar-refractivity contribution in [3.63, 3.8) is 0 Å². The summed E-state index contributed by atoms with van der Waals surface area (Å²) in [5.41, 5.74) is 3.10. The highest BCUT2D eigenvalue weighted by atomic mass is 32.2. The zero-order chi connectivity index (χ0) is 21.0. The van der Waals surface area contributed by atoms with Gasteiger partial charge in [0.05, 0.1) is 11.5 Å². The molecule has 0 aliphatic heterocycles. The van der Waals surface area contributed by atoms with Gasteiger partial charge in [-0.2, -0.15) is 24.4 Å². The van der Waals surface area contributed by atoms with Crippen LogP contribution in [0.25, 0.3) is 0 Å². The van der Waals surface area contributed by atoms with E-state index in [1.54, 1.807) is 18.7 Å². The van der Waals surface area contributed by atoms with Crippen LogP contribution in [0.4, 0.5) is 0 Å². The van der Waals surface area contributed by atoms with Gasteiger partial charge in [-0.25, -0.2) is 4.79 Å². The maximum atomic E-state index is 12.9. The van der Waals surface area contributed by atoms with E-state index in [2.05, 4.69) is 32.0 Å². The summed E-state index contributed by atoms with van der Waals surface area (Å²) in [7, 11) is 0. The molecule has 0 aromatic carbocycles. The predicted octanol–water partition coefficient (Wildman–Crippen LogP) is 4.40. The standard InChI is InChI=1S/C22H37NO4S2/c1-4-18(5-2)29-13-19(26-20(24)14(3)12-28)21(25)27-23-22-9-15-6-16(10-22)8-17(7-15)11-22/h14-19,23,28H,4-13H2,1-3H3/t14-,15?,16?,17?,19+,22?/m1/s1. The van der Waals surface area contributed by atoms with Crippen molar-refractivity contribution in [1.29, 1.82) is 0 Å². The van der Waals surface area contributed by atoms with Gasteiger partial charge in [0.15, 0.2) is 0 Å². The summed E-state index contributed by atoms with van der Waals surface area (Å²) in [6.45, 7) is 6.04. The average molecular weight is 444 g/mol. The Morgan fingerprint density at radius 2 is 1.62 bits per heavy atom. The SMILES string of the molecule is CCC(CC)SC[C@H](OC(=O)[C@H](C)CS)C(=O)ONC12CC3CC(CC(C3)C1)C2. The first-order valence-electron chi connectivity index (χ1n) is 11.3. The molecule has 29 heavy (non-hydrogen) atoms. The number of hydrogen-bond donors (Lipinski definition) is 2. The molecule has 4 saturated carbocycles. The molecule has 7 heteroatoms. The highest BCUT2D eigenvalue weighted by molar-refractivity contribution is 7.99. The largest absolute Gasteiger partial charge is 0.449 e. The molecule has 5 nitrogen and oxygen atoms in total. The molecule has 0 aromatic heterocycles. The van der Waals surface area contributed by atoms with Gasteiger partial charge in [0.2, 0.25) is 6.10 Å². The van der Waals surface area contributed by atoms with Gasteiger partial charge in [-0.1, -0.05) is 20.8 Å². The second-order valence-electron chi connectivity index (χ2n) is 9.50. The summed E-state index contributed by atoms with van der Waals surface area (Å²) in [6.07, 6.45) is 8.46. The van der Waals surface area contributed by atoms with Crippen molar-refractivity contribution in [1.82, 2.24) is 5.48 Å². The lowest BCUT2D eigenvalue weighted by atomic mass is 9.53. The first kappa shape index (κ1) is 23.3. The lowest BCUT2D eigenvalue weighted by molar-refractivity contribution is -0.182. The van der Waals surface area contributed by atoms with E-state index in [4.69, 9.17) is 9.57 Å². The third kappa shape index (κ3) is 5.85. The number of rotatable bonds is 11. The molecule has 0 unspecified atom stereocenters. The van der Waals surface area contributed by atoms with Crippen molar-refractivity contribution < 1.29 is 19.2 Å². The average Bonchev–Trinajstić information content (AvgIpc) is 2.70. The molecule has 4 bridgehead atoms. The van der Waals surface area contributed by atoms with Crippen LogP contribution in [0, 0.1) is 23.7 Å². The minimum absolute atomic E-state index is 0.0696. The Bertz CT molecular complexity index is 546. The molecule has 0 aromatic rings. The number of hydrogen-bond acceptors (Lipinski definition) is 7. The maximum Gasteiger partial charge on any atom is 0.366 e. The van der Waals surface area contributed by atoms with E-state index in [9.17, 15) is 9.59 Å². The van der Waals surface area contributed by atoms with Crippen LogP contribution in [0.15, 0.2) is 0 Å². The van der Waals surface area contributed by atoms with Gasteiger partial charge in [-0.3, -0.25) is 4.79 Å². The Hall–Kier alpha value is -0.400. The summed E-state index contributed by atoms with van der Waals surface area (Å²) < 4.78 is 5.55. The first-order valence-corrected chi connectivity index (χ1v) is 13.0. The Labute approximate surface area is 185 Å². The van der Waals surface area contributed by atoms with Gasteiger partial charge >= 0.3 is 11.9 Å². The number of carbonyl (C=O) groups excluding carboxylic acids is 2. The molecule has 0 radical (unpaired) electrons. The van der Waals surface area contributed by atoms with E-state index >= 15 is 0 Å². The molecule has 4 aliphatic rings. The molecule has 0 saturated heterocycles. The van der Waals surface area contributed by atoms with Gasteiger partial charge in [-0.15, -0.1) is 5.48 Å². The Balaban J connectivity index is 1.58. The van der Waals surface area contributed by atoms with Crippen LogP contribution < -0.4 is 5.48 Å². The second kappa shape index (κ2) is 10.3. The molecular weight excluding hydrogens is 406 g/mol. The predicted molar refractivity (Wildman–Crippen MR) is 120 cm³/mol. The highest BCUT2D eigenvalue weighted by Gasteiger charge is 2.51. The van der Waals surface area contributed by atoms with E-state index in [1.807, 2.05) is 0 Å². The maximum absolute atomic E-state index is 12.9. The fraction of sp³-hybridized carbons (Fsp3) is 0.909. The molecule has 4 aliphatic carbocycles. The van der Waals surface area contributed by atoms with Gasteiger partial charge < -0.3 is 9.57 Å². The number of ether oxygens (including phenoxy) is 1. The molecule has 0 spiro atoms. The highest BCUT2D eigenvalue weighted by Crippen LogP contribution is 2.55. The zero-order valence-corrected chi connectivity index (χ0v) is 19.7. The molecule has 0 amide bonds.